The normalized spacial score (nSPS) is 10.7. The van der Waals surface area contributed by atoms with Crippen molar-refractivity contribution in [2.45, 2.75) is 6.92 Å². The molecule has 0 N–H and O–H groups in total. The van der Waals surface area contributed by atoms with E-state index in [-0.39, 0.29) is 11.6 Å². The SMILES string of the molecule is COc1cc(C)c(-c2ccccc2F)cc1-c1cc(Br)ccc1F. The van der Waals surface area contributed by atoms with Crippen molar-refractivity contribution >= 4 is 15.9 Å². The highest BCUT2D eigenvalue weighted by atomic mass is 79.9. The van der Waals surface area contributed by atoms with Crippen LogP contribution < -0.4 is 4.74 Å². The van der Waals surface area contributed by atoms with Crippen molar-refractivity contribution in [1.82, 2.24) is 0 Å². The number of hydrogen-bond donors (Lipinski definition) is 0. The molecule has 0 atom stereocenters. The summed E-state index contributed by atoms with van der Waals surface area (Å²) in [5, 5.41) is 0. The van der Waals surface area contributed by atoms with Crippen LogP contribution in [0, 0.1) is 18.6 Å². The van der Waals surface area contributed by atoms with Crippen LogP contribution in [-0.4, -0.2) is 7.11 Å². The quantitative estimate of drug-likeness (QED) is 0.505. The third-order valence-corrected chi connectivity index (χ3v) is 4.42. The first kappa shape index (κ1) is 16.7. The van der Waals surface area contributed by atoms with Gasteiger partial charge < -0.3 is 4.74 Å². The van der Waals surface area contributed by atoms with Gasteiger partial charge in [-0.2, -0.15) is 0 Å². The molecule has 0 aliphatic carbocycles. The molecule has 1 nitrogen and oxygen atoms in total. The largest absolute Gasteiger partial charge is 0.496 e. The standard InChI is InChI=1S/C20H15BrF2O/c1-12-9-20(24-2)17(16-10-13(21)7-8-19(16)23)11-15(12)14-5-3-4-6-18(14)22/h3-11H,1-2H3. The fourth-order valence-electron chi connectivity index (χ4n) is 2.73. The highest BCUT2D eigenvalue weighted by Crippen LogP contribution is 2.39. The van der Waals surface area contributed by atoms with Gasteiger partial charge in [0, 0.05) is 21.2 Å². The Bertz CT molecular complexity index is 906. The third kappa shape index (κ3) is 3.06. The zero-order valence-corrected chi connectivity index (χ0v) is 14.8. The van der Waals surface area contributed by atoms with Crippen LogP contribution in [0.1, 0.15) is 5.56 Å². The molecule has 0 saturated heterocycles. The van der Waals surface area contributed by atoms with Gasteiger partial charge in [0.05, 0.1) is 7.11 Å². The van der Waals surface area contributed by atoms with Crippen molar-refractivity contribution < 1.29 is 13.5 Å². The number of rotatable bonds is 3. The van der Waals surface area contributed by atoms with Gasteiger partial charge in [-0.15, -0.1) is 0 Å². The molecule has 0 unspecified atom stereocenters. The van der Waals surface area contributed by atoms with Crippen LogP contribution in [0.3, 0.4) is 0 Å². The third-order valence-electron chi connectivity index (χ3n) is 3.93. The van der Waals surface area contributed by atoms with Gasteiger partial charge in [-0.3, -0.25) is 0 Å². The summed E-state index contributed by atoms with van der Waals surface area (Å²) in [7, 11) is 1.54. The van der Waals surface area contributed by atoms with Gasteiger partial charge in [0.15, 0.2) is 0 Å². The van der Waals surface area contributed by atoms with Gasteiger partial charge >= 0.3 is 0 Å². The summed E-state index contributed by atoms with van der Waals surface area (Å²) in [6, 6.07) is 14.8. The summed E-state index contributed by atoms with van der Waals surface area (Å²) in [4.78, 5) is 0. The second-order valence-electron chi connectivity index (χ2n) is 5.47. The van der Waals surface area contributed by atoms with E-state index in [2.05, 4.69) is 15.9 Å². The smallest absolute Gasteiger partial charge is 0.131 e. The van der Waals surface area contributed by atoms with E-state index in [0.717, 1.165) is 10.0 Å². The maximum absolute atomic E-state index is 14.3. The van der Waals surface area contributed by atoms with Gasteiger partial charge in [-0.1, -0.05) is 34.1 Å². The molecule has 0 saturated carbocycles. The summed E-state index contributed by atoms with van der Waals surface area (Å²) in [5.74, 6) is -0.129. The Kier molecular flexibility index (Phi) is 4.67. The highest BCUT2D eigenvalue weighted by Gasteiger charge is 2.16. The van der Waals surface area contributed by atoms with Gasteiger partial charge in [0.1, 0.15) is 17.4 Å². The fraction of sp³-hybridized carbons (Fsp3) is 0.100. The number of hydrogen-bond acceptors (Lipinski definition) is 1. The number of benzene rings is 3. The minimum absolute atomic E-state index is 0.313. The van der Waals surface area contributed by atoms with Crippen molar-refractivity contribution in [3.05, 3.63) is 76.3 Å². The van der Waals surface area contributed by atoms with Gasteiger partial charge in [-0.25, -0.2) is 8.78 Å². The molecule has 0 radical (unpaired) electrons. The molecule has 3 aromatic carbocycles. The second-order valence-corrected chi connectivity index (χ2v) is 6.39. The van der Waals surface area contributed by atoms with Crippen LogP contribution in [0.2, 0.25) is 0 Å². The van der Waals surface area contributed by atoms with Crippen LogP contribution in [0.15, 0.2) is 59.1 Å². The summed E-state index contributed by atoms with van der Waals surface area (Å²) in [6.45, 7) is 1.88. The molecule has 0 aliphatic heterocycles. The van der Waals surface area contributed by atoms with E-state index in [1.54, 1.807) is 42.5 Å². The topological polar surface area (TPSA) is 9.23 Å². The molecule has 0 spiro atoms. The Hall–Kier alpha value is -2.20. The summed E-state index contributed by atoms with van der Waals surface area (Å²) in [5.41, 5.74) is 3.03. The molecular formula is C20H15BrF2O. The van der Waals surface area contributed by atoms with E-state index in [0.29, 0.717) is 28.0 Å². The van der Waals surface area contributed by atoms with Crippen LogP contribution in [-0.2, 0) is 0 Å². The predicted octanol–water partition coefficient (Wildman–Crippen LogP) is 6.38. The second kappa shape index (κ2) is 6.73. The number of methoxy groups -OCH3 is 1. The monoisotopic (exact) mass is 388 g/mol. The average molecular weight is 389 g/mol. The molecular weight excluding hydrogens is 374 g/mol. The molecule has 4 heteroatoms. The summed E-state index contributed by atoms with van der Waals surface area (Å²) in [6.07, 6.45) is 0. The first-order valence-corrected chi connectivity index (χ1v) is 8.19. The van der Waals surface area contributed by atoms with Crippen LogP contribution in [0.5, 0.6) is 5.75 Å². The van der Waals surface area contributed by atoms with E-state index < -0.39 is 0 Å². The van der Waals surface area contributed by atoms with E-state index in [9.17, 15) is 8.78 Å². The molecule has 0 fully saturated rings. The molecule has 0 bridgehead atoms. The van der Waals surface area contributed by atoms with Gasteiger partial charge in [0.25, 0.3) is 0 Å². The lowest BCUT2D eigenvalue weighted by Gasteiger charge is -2.15. The minimum Gasteiger partial charge on any atom is -0.496 e. The van der Waals surface area contributed by atoms with Crippen molar-refractivity contribution in [2.75, 3.05) is 7.11 Å². The zero-order valence-electron chi connectivity index (χ0n) is 13.2. The number of halogens is 3. The lowest BCUT2D eigenvalue weighted by Crippen LogP contribution is -1.95. The van der Waals surface area contributed by atoms with Crippen molar-refractivity contribution in [3.8, 4) is 28.0 Å². The molecule has 0 heterocycles. The van der Waals surface area contributed by atoms with Crippen LogP contribution >= 0.6 is 15.9 Å². The molecule has 0 amide bonds. The summed E-state index contributed by atoms with van der Waals surface area (Å²) >= 11 is 3.36. The first-order chi connectivity index (χ1) is 11.5. The lowest BCUT2D eigenvalue weighted by atomic mass is 9.94. The zero-order chi connectivity index (χ0) is 17.3. The van der Waals surface area contributed by atoms with E-state index in [1.165, 1.54) is 19.2 Å². The molecule has 0 aliphatic rings. The van der Waals surface area contributed by atoms with Gasteiger partial charge in [-0.05, 0) is 54.4 Å². The molecule has 24 heavy (non-hydrogen) atoms. The first-order valence-electron chi connectivity index (χ1n) is 7.40. The predicted molar refractivity (Wildman–Crippen MR) is 96.2 cm³/mol. The maximum atomic E-state index is 14.3. The van der Waals surface area contributed by atoms with Crippen molar-refractivity contribution in [2.24, 2.45) is 0 Å². The Morgan fingerprint density at radius 1 is 0.792 bits per heavy atom. The van der Waals surface area contributed by atoms with E-state index in [1.807, 2.05) is 6.92 Å². The van der Waals surface area contributed by atoms with E-state index in [4.69, 9.17) is 4.74 Å². The highest BCUT2D eigenvalue weighted by molar-refractivity contribution is 9.10. The van der Waals surface area contributed by atoms with Crippen molar-refractivity contribution in [3.63, 3.8) is 0 Å². The molecule has 122 valence electrons. The fourth-order valence-corrected chi connectivity index (χ4v) is 3.10. The maximum Gasteiger partial charge on any atom is 0.131 e. The lowest BCUT2D eigenvalue weighted by molar-refractivity contribution is 0.416. The number of aryl methyl sites for hydroxylation is 1. The van der Waals surface area contributed by atoms with Gasteiger partial charge in [0.2, 0.25) is 0 Å². The average Bonchev–Trinajstić information content (AvgIpc) is 2.57. The minimum atomic E-state index is -0.361. The summed E-state index contributed by atoms with van der Waals surface area (Å²) < 4.78 is 34.7. The molecule has 3 rings (SSSR count). The van der Waals surface area contributed by atoms with Crippen molar-refractivity contribution in [1.29, 1.82) is 0 Å². The number of ether oxygens (including phenoxy) is 1. The molecule has 3 aromatic rings. The van der Waals surface area contributed by atoms with Crippen LogP contribution in [0.4, 0.5) is 8.78 Å². The molecule has 0 aromatic heterocycles. The Balaban J connectivity index is 2.28. The Morgan fingerprint density at radius 3 is 2.21 bits per heavy atom. The Labute approximate surface area is 148 Å². The van der Waals surface area contributed by atoms with E-state index >= 15 is 0 Å². The van der Waals surface area contributed by atoms with Crippen LogP contribution in [0.25, 0.3) is 22.3 Å². The Morgan fingerprint density at radius 2 is 1.50 bits per heavy atom.